The Bertz CT molecular complexity index is 647. The molecule has 0 aliphatic heterocycles. The number of H-pyrrole nitrogens is 1. The zero-order chi connectivity index (χ0) is 15.5. The van der Waals surface area contributed by atoms with Crippen molar-refractivity contribution in [3.8, 4) is 0 Å². The summed E-state index contributed by atoms with van der Waals surface area (Å²) in [5.74, 6) is 1.57. The van der Waals surface area contributed by atoms with E-state index in [0.29, 0.717) is 6.61 Å². The number of ether oxygens (including phenoxy) is 1. The van der Waals surface area contributed by atoms with Crippen LogP contribution in [0.25, 0.3) is 0 Å². The Morgan fingerprint density at radius 3 is 3.18 bits per heavy atom. The Balaban J connectivity index is 1.67. The van der Waals surface area contributed by atoms with Crippen LogP contribution >= 0.6 is 0 Å². The van der Waals surface area contributed by atoms with E-state index in [-0.39, 0.29) is 17.9 Å². The molecule has 0 spiro atoms. The van der Waals surface area contributed by atoms with Crippen molar-refractivity contribution >= 4 is 5.91 Å². The third-order valence-corrected chi connectivity index (χ3v) is 4.14. The molecule has 6 nitrogen and oxygen atoms in total. The van der Waals surface area contributed by atoms with Crippen molar-refractivity contribution in [1.29, 1.82) is 0 Å². The van der Waals surface area contributed by atoms with Crippen molar-refractivity contribution in [3.05, 3.63) is 41.1 Å². The third kappa shape index (κ3) is 3.06. The first-order chi connectivity index (χ1) is 10.7. The maximum absolute atomic E-state index is 12.6. The number of amides is 1. The lowest BCUT2D eigenvalue weighted by atomic mass is 9.87. The maximum Gasteiger partial charge on any atom is 0.224 e. The summed E-state index contributed by atoms with van der Waals surface area (Å²) in [7, 11) is 1.62. The van der Waals surface area contributed by atoms with E-state index >= 15 is 0 Å². The molecule has 1 amide bonds. The Morgan fingerprint density at radius 2 is 2.45 bits per heavy atom. The third-order valence-electron chi connectivity index (χ3n) is 4.14. The predicted molar refractivity (Wildman–Crippen MR) is 80.3 cm³/mol. The highest BCUT2D eigenvalue weighted by molar-refractivity contribution is 5.79. The van der Waals surface area contributed by atoms with Crippen LogP contribution in [0.4, 0.5) is 0 Å². The van der Waals surface area contributed by atoms with Gasteiger partial charge in [0.15, 0.2) is 0 Å². The zero-order valence-electron chi connectivity index (χ0n) is 12.9. The lowest BCUT2D eigenvalue weighted by Gasteiger charge is -2.23. The number of nitrogens with zero attached hydrogens (tertiary/aromatic N) is 1. The molecule has 1 aliphatic carbocycles. The van der Waals surface area contributed by atoms with Gasteiger partial charge >= 0.3 is 0 Å². The van der Waals surface area contributed by atoms with Gasteiger partial charge in [-0.15, -0.1) is 0 Å². The van der Waals surface area contributed by atoms with Crippen LogP contribution in [0.1, 0.15) is 35.2 Å². The number of fused-ring (bicyclic) bond motifs is 1. The molecular weight excluding hydrogens is 282 g/mol. The molecule has 0 aromatic carbocycles. The maximum atomic E-state index is 12.6. The number of nitrogens with one attached hydrogen (secondary N) is 2. The van der Waals surface area contributed by atoms with E-state index in [9.17, 15) is 4.79 Å². The molecule has 3 rings (SSSR count). The van der Waals surface area contributed by atoms with E-state index in [0.717, 1.165) is 42.0 Å². The molecular formula is C16H21N3O3. The number of aryl methyl sites for hydroxylation is 2. The van der Waals surface area contributed by atoms with E-state index in [1.807, 2.05) is 25.3 Å². The van der Waals surface area contributed by atoms with Crippen LogP contribution < -0.4 is 5.32 Å². The Hall–Kier alpha value is -2.08. The molecule has 2 aromatic heterocycles. The first kappa shape index (κ1) is 14.8. The predicted octanol–water partition coefficient (Wildman–Crippen LogP) is 1.92. The largest absolute Gasteiger partial charge is 0.464 e. The molecule has 0 fully saturated rings. The van der Waals surface area contributed by atoms with Crippen LogP contribution in [0.2, 0.25) is 0 Å². The molecule has 2 atom stereocenters. The normalized spacial score (nSPS) is 18.7. The van der Waals surface area contributed by atoms with Gasteiger partial charge in [-0.05, 0) is 43.9 Å². The fraction of sp³-hybridized carbons (Fsp3) is 0.500. The first-order valence-corrected chi connectivity index (χ1v) is 7.54. The van der Waals surface area contributed by atoms with Gasteiger partial charge < -0.3 is 14.5 Å². The fourth-order valence-corrected chi connectivity index (χ4v) is 2.93. The quantitative estimate of drug-likeness (QED) is 0.884. The molecule has 0 radical (unpaired) electrons. The summed E-state index contributed by atoms with van der Waals surface area (Å²) in [6.45, 7) is 2.28. The minimum absolute atomic E-state index is 0.0273. The Morgan fingerprint density at radius 1 is 1.59 bits per heavy atom. The highest BCUT2D eigenvalue weighted by atomic mass is 16.5. The number of methoxy groups -OCH3 is 1. The van der Waals surface area contributed by atoms with Gasteiger partial charge in [0.2, 0.25) is 5.91 Å². The van der Waals surface area contributed by atoms with Gasteiger partial charge in [-0.1, -0.05) is 0 Å². The smallest absolute Gasteiger partial charge is 0.224 e. The molecule has 22 heavy (non-hydrogen) atoms. The van der Waals surface area contributed by atoms with Gasteiger partial charge in [-0.2, -0.15) is 5.10 Å². The molecule has 1 aliphatic rings. The number of hydrogen-bond donors (Lipinski definition) is 2. The lowest BCUT2D eigenvalue weighted by Crippen LogP contribution is -2.38. The van der Waals surface area contributed by atoms with E-state index in [4.69, 9.17) is 9.15 Å². The number of aromatic nitrogens is 2. The second-order valence-electron chi connectivity index (χ2n) is 5.78. The molecule has 2 N–H and O–H groups in total. The molecule has 0 saturated heterocycles. The summed E-state index contributed by atoms with van der Waals surface area (Å²) in [6.07, 6.45) is 4.24. The SMILES string of the molecule is COC[C@@H](NC(=O)[C@@H]1CCc2[nH]ncc2C1)c1ccc(C)o1. The van der Waals surface area contributed by atoms with E-state index in [1.165, 1.54) is 0 Å². The van der Waals surface area contributed by atoms with Crippen LogP contribution in [-0.2, 0) is 22.4 Å². The van der Waals surface area contributed by atoms with Gasteiger partial charge in [-0.25, -0.2) is 0 Å². The molecule has 0 unspecified atom stereocenters. The fourth-order valence-electron chi connectivity index (χ4n) is 2.93. The van der Waals surface area contributed by atoms with Gasteiger partial charge in [0.05, 0.1) is 12.8 Å². The van der Waals surface area contributed by atoms with Crippen LogP contribution in [0.3, 0.4) is 0 Å². The van der Waals surface area contributed by atoms with Crippen LogP contribution in [0.15, 0.2) is 22.7 Å². The lowest BCUT2D eigenvalue weighted by molar-refractivity contribution is -0.126. The van der Waals surface area contributed by atoms with Crippen molar-refractivity contribution in [2.24, 2.45) is 5.92 Å². The summed E-state index contributed by atoms with van der Waals surface area (Å²) in [6, 6.07) is 3.52. The Labute approximate surface area is 129 Å². The van der Waals surface area contributed by atoms with Gasteiger partial charge in [-0.3, -0.25) is 9.89 Å². The van der Waals surface area contributed by atoms with E-state index in [2.05, 4.69) is 15.5 Å². The van der Waals surface area contributed by atoms with Gasteiger partial charge in [0, 0.05) is 18.7 Å². The monoisotopic (exact) mass is 303 g/mol. The van der Waals surface area contributed by atoms with Crippen molar-refractivity contribution in [2.45, 2.75) is 32.2 Å². The molecule has 0 saturated carbocycles. The van der Waals surface area contributed by atoms with Gasteiger partial charge in [0.1, 0.15) is 17.6 Å². The van der Waals surface area contributed by atoms with Crippen molar-refractivity contribution in [2.75, 3.05) is 13.7 Å². The van der Waals surface area contributed by atoms with Crippen LogP contribution in [0.5, 0.6) is 0 Å². The number of carbonyl (C=O) groups excluding carboxylic acids is 1. The second-order valence-corrected chi connectivity index (χ2v) is 5.78. The zero-order valence-corrected chi connectivity index (χ0v) is 12.9. The molecule has 0 bridgehead atoms. The molecule has 2 heterocycles. The van der Waals surface area contributed by atoms with Crippen molar-refractivity contribution < 1.29 is 13.9 Å². The average molecular weight is 303 g/mol. The van der Waals surface area contributed by atoms with Crippen LogP contribution in [-0.4, -0.2) is 29.8 Å². The molecule has 118 valence electrons. The minimum atomic E-state index is -0.253. The standard InChI is InChI=1S/C16H21N3O3/c1-10-3-6-15(22-10)14(9-21-2)18-16(20)11-4-5-13-12(7-11)8-17-19-13/h3,6,8,11,14H,4-5,7,9H2,1-2H3,(H,17,19)(H,18,20)/t11-,14-/m1/s1. The van der Waals surface area contributed by atoms with E-state index in [1.54, 1.807) is 7.11 Å². The summed E-state index contributed by atoms with van der Waals surface area (Å²) in [4.78, 5) is 12.6. The number of rotatable bonds is 5. The highest BCUT2D eigenvalue weighted by Crippen LogP contribution is 2.25. The van der Waals surface area contributed by atoms with Gasteiger partial charge in [0.25, 0.3) is 0 Å². The topological polar surface area (TPSA) is 80.1 Å². The number of furan rings is 1. The van der Waals surface area contributed by atoms with E-state index < -0.39 is 0 Å². The first-order valence-electron chi connectivity index (χ1n) is 7.54. The molecule has 2 aromatic rings. The summed E-state index contributed by atoms with van der Waals surface area (Å²) < 4.78 is 10.8. The minimum Gasteiger partial charge on any atom is -0.464 e. The second kappa shape index (κ2) is 6.36. The highest BCUT2D eigenvalue weighted by Gasteiger charge is 2.28. The summed E-state index contributed by atoms with van der Waals surface area (Å²) >= 11 is 0. The number of aromatic amines is 1. The van der Waals surface area contributed by atoms with Crippen molar-refractivity contribution in [1.82, 2.24) is 15.5 Å². The average Bonchev–Trinajstić information content (AvgIpc) is 3.14. The van der Waals surface area contributed by atoms with Crippen LogP contribution in [0, 0.1) is 12.8 Å². The summed E-state index contributed by atoms with van der Waals surface area (Å²) in [5, 5.41) is 10.1. The molecule has 6 heteroatoms. The summed E-state index contributed by atoms with van der Waals surface area (Å²) in [5.41, 5.74) is 2.29. The number of carbonyl (C=O) groups is 1. The van der Waals surface area contributed by atoms with Crippen molar-refractivity contribution in [3.63, 3.8) is 0 Å². The Kier molecular flexibility index (Phi) is 4.29. The number of hydrogen-bond acceptors (Lipinski definition) is 4.